The summed E-state index contributed by atoms with van der Waals surface area (Å²) in [6.07, 6.45) is 16.8. The van der Waals surface area contributed by atoms with Crippen LogP contribution < -0.4 is 16.0 Å². The number of benzene rings is 1. The Balaban J connectivity index is 1.99. The molecule has 4 amide bonds. The van der Waals surface area contributed by atoms with Crippen LogP contribution in [0.15, 0.2) is 30.3 Å². The van der Waals surface area contributed by atoms with Crippen LogP contribution in [-0.2, 0) is 20.9 Å². The lowest BCUT2D eigenvalue weighted by atomic mass is 9.95. The Morgan fingerprint density at radius 2 is 1.25 bits per heavy atom. The molecule has 1 heterocycles. The highest BCUT2D eigenvalue weighted by Crippen LogP contribution is 2.25. The summed E-state index contributed by atoms with van der Waals surface area (Å²) in [7, 11) is 0. The maximum absolute atomic E-state index is 13.8. The Hall–Kier alpha value is -2.93. The van der Waals surface area contributed by atoms with E-state index in [1.807, 2.05) is 30.3 Å². The first kappa shape index (κ1) is 46.2. The number of unbranched alkanes of at least 4 members (excludes halogenated alkanes) is 18. The highest BCUT2D eigenvalue weighted by atomic mass is 16.6. The van der Waals surface area contributed by atoms with Gasteiger partial charge in [-0.25, -0.2) is 9.59 Å². The topological polar surface area (TPSA) is 170 Å². The summed E-state index contributed by atoms with van der Waals surface area (Å²) in [5.74, 6) is -0.668. The molecule has 2 rings (SSSR count). The van der Waals surface area contributed by atoms with Gasteiger partial charge in [0.25, 0.3) is 0 Å². The molecule has 0 saturated carbocycles. The van der Waals surface area contributed by atoms with Gasteiger partial charge in [-0.05, 0) is 18.4 Å². The maximum atomic E-state index is 13.8. The minimum Gasteiger partial charge on any atom is -0.445 e. The molecule has 6 N–H and O–H groups in total. The molecule has 0 radical (unpaired) electrons. The second kappa shape index (κ2) is 29.4. The van der Waals surface area contributed by atoms with Crippen molar-refractivity contribution in [1.29, 1.82) is 0 Å². The normalized spacial score (nSPS) is 19.8. The van der Waals surface area contributed by atoms with Crippen LogP contribution in [0.25, 0.3) is 0 Å². The lowest BCUT2D eigenvalue weighted by molar-refractivity contribution is -0.224. The van der Waals surface area contributed by atoms with Gasteiger partial charge in [0.1, 0.15) is 37.5 Å². The average Bonchev–Trinajstić information content (AvgIpc) is 3.17. The third kappa shape index (κ3) is 19.8. The molecule has 0 aliphatic carbocycles. The van der Waals surface area contributed by atoms with Crippen molar-refractivity contribution in [3.05, 3.63) is 35.9 Å². The zero-order chi connectivity index (χ0) is 38.5. The minimum absolute atomic E-state index is 0.0302. The number of carbonyl (C=O) groups excluding carboxylic acids is 3. The van der Waals surface area contributed by atoms with Gasteiger partial charge in [-0.1, -0.05) is 160 Å². The summed E-state index contributed by atoms with van der Waals surface area (Å²) in [5.41, 5.74) is 0.791. The van der Waals surface area contributed by atoms with E-state index in [2.05, 4.69) is 29.8 Å². The molecular formula is C41H72N4O8. The van der Waals surface area contributed by atoms with E-state index in [4.69, 9.17) is 9.47 Å². The van der Waals surface area contributed by atoms with E-state index in [9.17, 15) is 29.7 Å². The quantitative estimate of drug-likeness (QED) is 0.0493. The monoisotopic (exact) mass is 749 g/mol. The summed E-state index contributed by atoms with van der Waals surface area (Å²) in [4.78, 5) is 40.6. The van der Waals surface area contributed by atoms with Gasteiger partial charge in [0.2, 0.25) is 5.91 Å². The predicted octanol–water partition coefficient (Wildman–Crippen LogP) is 6.69. The molecule has 1 aliphatic rings. The number of amides is 4. The molecule has 1 aliphatic heterocycles. The predicted molar refractivity (Wildman–Crippen MR) is 208 cm³/mol. The molecule has 12 heteroatoms. The van der Waals surface area contributed by atoms with Crippen molar-refractivity contribution in [3.63, 3.8) is 0 Å². The van der Waals surface area contributed by atoms with Crippen molar-refractivity contribution in [1.82, 2.24) is 20.9 Å². The molecular weight excluding hydrogens is 676 g/mol. The fraction of sp³-hybridized carbons (Fsp3) is 0.780. The third-order valence-corrected chi connectivity index (χ3v) is 9.96. The van der Waals surface area contributed by atoms with Crippen LogP contribution in [0.3, 0.4) is 0 Å². The fourth-order valence-electron chi connectivity index (χ4n) is 6.71. The summed E-state index contributed by atoms with van der Waals surface area (Å²) < 4.78 is 11.2. The molecule has 0 bridgehead atoms. The van der Waals surface area contributed by atoms with E-state index in [0.717, 1.165) is 44.1 Å². The van der Waals surface area contributed by atoms with E-state index in [1.165, 1.54) is 88.4 Å². The molecule has 1 fully saturated rings. The van der Waals surface area contributed by atoms with Gasteiger partial charge in [0, 0.05) is 13.1 Å². The third-order valence-electron chi connectivity index (χ3n) is 9.96. The first-order valence-corrected chi connectivity index (χ1v) is 20.7. The molecule has 0 spiro atoms. The van der Waals surface area contributed by atoms with Crippen molar-refractivity contribution < 1.29 is 39.2 Å². The number of carbonyl (C=O) groups is 3. The molecule has 12 nitrogen and oxygen atoms in total. The van der Waals surface area contributed by atoms with Crippen molar-refractivity contribution in [2.24, 2.45) is 0 Å². The van der Waals surface area contributed by atoms with E-state index < -0.39 is 61.8 Å². The maximum Gasteiger partial charge on any atom is 0.407 e. The number of ether oxygens (including phenoxy) is 2. The number of hydrogen-bond acceptors (Lipinski definition) is 8. The Morgan fingerprint density at radius 1 is 0.717 bits per heavy atom. The molecule has 304 valence electrons. The van der Waals surface area contributed by atoms with Crippen LogP contribution in [0.1, 0.15) is 148 Å². The second-order valence-corrected chi connectivity index (χ2v) is 14.5. The van der Waals surface area contributed by atoms with Gasteiger partial charge in [0.15, 0.2) is 6.23 Å². The SMILES string of the molecule is CCCCCCCCCCCCNC(=O)N(CCCCCCCCCCCC)[C@@H]1O[C@H](CO)[C@H](O)[C@H](O)[C@H]1NC(=O)CNC(=O)OCc1ccccc1. The van der Waals surface area contributed by atoms with Crippen molar-refractivity contribution in [3.8, 4) is 0 Å². The van der Waals surface area contributed by atoms with Crippen LogP contribution in [0.5, 0.6) is 0 Å². The minimum atomic E-state index is -1.55. The summed E-state index contributed by atoms with van der Waals surface area (Å²) in [6.45, 7) is 4.18. The number of alkyl carbamates (subject to hydrolysis) is 1. The Morgan fingerprint density at radius 3 is 1.79 bits per heavy atom. The van der Waals surface area contributed by atoms with Gasteiger partial charge in [-0.3, -0.25) is 9.69 Å². The lowest BCUT2D eigenvalue weighted by Crippen LogP contribution is -2.70. The number of nitrogens with one attached hydrogen (secondary N) is 3. The first-order valence-electron chi connectivity index (χ1n) is 20.7. The number of rotatable bonds is 29. The number of aliphatic hydroxyl groups is 3. The largest absolute Gasteiger partial charge is 0.445 e. The smallest absolute Gasteiger partial charge is 0.407 e. The van der Waals surface area contributed by atoms with Gasteiger partial charge in [-0.15, -0.1) is 0 Å². The van der Waals surface area contributed by atoms with E-state index in [-0.39, 0.29) is 6.61 Å². The average molecular weight is 749 g/mol. The molecule has 1 aromatic rings. The van der Waals surface area contributed by atoms with Gasteiger partial charge in [0.05, 0.1) is 6.61 Å². The van der Waals surface area contributed by atoms with Crippen LogP contribution in [0.4, 0.5) is 9.59 Å². The number of aliphatic hydroxyl groups excluding tert-OH is 3. The van der Waals surface area contributed by atoms with Crippen molar-refractivity contribution in [2.75, 3.05) is 26.2 Å². The molecule has 53 heavy (non-hydrogen) atoms. The van der Waals surface area contributed by atoms with Gasteiger partial charge < -0.3 is 40.7 Å². The Kier molecular flexibility index (Phi) is 25.7. The zero-order valence-electron chi connectivity index (χ0n) is 32.8. The van der Waals surface area contributed by atoms with Crippen LogP contribution in [0.2, 0.25) is 0 Å². The number of urea groups is 1. The van der Waals surface area contributed by atoms with E-state index in [1.54, 1.807) is 0 Å². The number of hydrogen-bond donors (Lipinski definition) is 6. The highest BCUT2D eigenvalue weighted by Gasteiger charge is 2.48. The summed E-state index contributed by atoms with van der Waals surface area (Å²) in [6, 6.07) is 7.50. The summed E-state index contributed by atoms with van der Waals surface area (Å²) in [5, 5.41) is 40.0. The van der Waals surface area contributed by atoms with Gasteiger partial charge >= 0.3 is 12.1 Å². The molecule has 1 aromatic carbocycles. The molecule has 0 unspecified atom stereocenters. The fourth-order valence-corrected chi connectivity index (χ4v) is 6.71. The standard InChI is InChI=1S/C41H72N4O8/c1-3-5-7-9-11-13-15-17-19-24-28-42-40(50)45(29-25-20-18-16-14-12-10-8-6-4-2)39-36(38(49)37(48)34(31-46)53-39)44-35(47)30-43-41(51)52-32-33-26-22-21-23-27-33/h21-23,26-27,34,36-39,46,48-49H,3-20,24-25,28-32H2,1-2H3,(H,42,50)(H,43,51)(H,44,47)/t34-,36-,37+,38-,39-/m1/s1. The second-order valence-electron chi connectivity index (χ2n) is 14.5. The molecule has 0 aromatic heterocycles. The van der Waals surface area contributed by atoms with Crippen molar-refractivity contribution in [2.45, 2.75) is 179 Å². The first-order chi connectivity index (χ1) is 25.8. The van der Waals surface area contributed by atoms with Gasteiger partial charge in [-0.2, -0.15) is 0 Å². The van der Waals surface area contributed by atoms with Crippen LogP contribution in [-0.4, -0.2) is 95.1 Å². The van der Waals surface area contributed by atoms with Crippen LogP contribution >= 0.6 is 0 Å². The Labute approximate surface area is 319 Å². The lowest BCUT2D eigenvalue weighted by Gasteiger charge is -2.46. The van der Waals surface area contributed by atoms with Crippen molar-refractivity contribution >= 4 is 18.0 Å². The number of nitrogens with zero attached hydrogens (tertiary/aromatic N) is 1. The highest BCUT2D eigenvalue weighted by molar-refractivity contribution is 5.82. The summed E-state index contributed by atoms with van der Waals surface area (Å²) >= 11 is 0. The zero-order valence-corrected chi connectivity index (χ0v) is 32.8. The molecule has 1 saturated heterocycles. The Bertz CT molecular complexity index is 1100. The van der Waals surface area contributed by atoms with Crippen LogP contribution in [0, 0.1) is 0 Å². The van der Waals surface area contributed by atoms with E-state index >= 15 is 0 Å². The molecule has 5 atom stereocenters. The van der Waals surface area contributed by atoms with E-state index in [0.29, 0.717) is 19.5 Å².